The average molecular weight is 457 g/mol. The Balaban J connectivity index is 1.47. The maximum atomic E-state index is 13.0. The topological polar surface area (TPSA) is 98.9 Å². The zero-order valence-corrected chi connectivity index (χ0v) is 19.2. The van der Waals surface area contributed by atoms with Crippen molar-refractivity contribution in [1.29, 1.82) is 0 Å². The number of nitrogens with two attached hydrogens (primary N) is 1. The number of amides is 2. The largest absolute Gasteiger partial charge is 0.388 e. The molecule has 0 radical (unpaired) electrons. The number of piperazine rings is 1. The van der Waals surface area contributed by atoms with Gasteiger partial charge in [0.05, 0.1) is 0 Å². The summed E-state index contributed by atoms with van der Waals surface area (Å²) >= 11 is 6.58. The Morgan fingerprint density at radius 3 is 2.31 bits per heavy atom. The van der Waals surface area contributed by atoms with Crippen molar-refractivity contribution >= 4 is 29.1 Å². The number of hydrogen-bond acceptors (Lipinski definition) is 5. The van der Waals surface area contributed by atoms with Gasteiger partial charge in [-0.1, -0.05) is 23.7 Å². The lowest BCUT2D eigenvalue weighted by molar-refractivity contribution is -0.143. The first-order chi connectivity index (χ1) is 15.2. The number of halogens is 1. The molecule has 2 amide bonds. The van der Waals surface area contributed by atoms with E-state index in [2.05, 4.69) is 5.32 Å². The van der Waals surface area contributed by atoms with E-state index in [1.54, 1.807) is 21.9 Å². The van der Waals surface area contributed by atoms with Crippen molar-refractivity contribution in [3.8, 4) is 11.1 Å². The number of aliphatic hydroxyl groups is 1. The molecule has 0 spiro atoms. The Labute approximate surface area is 193 Å². The molecule has 1 saturated heterocycles. The Kier molecular flexibility index (Phi) is 6.16. The van der Waals surface area contributed by atoms with Crippen LogP contribution in [0, 0.1) is 0 Å². The molecule has 4 rings (SSSR count). The average Bonchev–Trinajstić information content (AvgIpc) is 3.56. The van der Waals surface area contributed by atoms with Gasteiger partial charge < -0.3 is 26.0 Å². The minimum Gasteiger partial charge on any atom is -0.388 e. The molecule has 7 nitrogen and oxygen atoms in total. The van der Waals surface area contributed by atoms with Gasteiger partial charge in [-0.2, -0.15) is 0 Å². The van der Waals surface area contributed by atoms with Crippen LogP contribution in [-0.2, 0) is 4.79 Å². The number of rotatable bonds is 5. The fourth-order valence-electron chi connectivity index (χ4n) is 4.14. The second-order valence-electron chi connectivity index (χ2n) is 8.65. The molecule has 2 fully saturated rings. The zero-order chi connectivity index (χ0) is 23.0. The molecule has 1 unspecified atom stereocenters. The van der Waals surface area contributed by atoms with Crippen molar-refractivity contribution < 1.29 is 14.7 Å². The van der Waals surface area contributed by atoms with Gasteiger partial charge in [0, 0.05) is 61.1 Å². The van der Waals surface area contributed by atoms with Gasteiger partial charge in [0.15, 0.2) is 0 Å². The molecule has 4 N–H and O–H groups in total. The van der Waals surface area contributed by atoms with Crippen molar-refractivity contribution in [3.63, 3.8) is 0 Å². The standard InChI is InChI=1S/C24H29ClN4O3/c1-15(26)19-13-16(4-6-21(19)27-2)18-5-3-17(14-20(18)25)22(30)28-9-11-29(12-10-28)23(31)24(32)7-8-24/h3-6,13-15,27,32H,7-12,26H2,1-2H3. The van der Waals surface area contributed by atoms with E-state index in [4.69, 9.17) is 17.3 Å². The first-order valence-corrected chi connectivity index (χ1v) is 11.3. The van der Waals surface area contributed by atoms with E-state index in [-0.39, 0.29) is 17.9 Å². The van der Waals surface area contributed by atoms with Crippen LogP contribution >= 0.6 is 11.6 Å². The number of carbonyl (C=O) groups is 2. The first-order valence-electron chi connectivity index (χ1n) is 10.9. The molecule has 32 heavy (non-hydrogen) atoms. The van der Waals surface area contributed by atoms with Gasteiger partial charge in [0.2, 0.25) is 0 Å². The highest BCUT2D eigenvalue weighted by atomic mass is 35.5. The molecule has 8 heteroatoms. The minimum atomic E-state index is -1.16. The predicted octanol–water partition coefficient (Wildman–Crippen LogP) is 2.88. The van der Waals surface area contributed by atoms with Gasteiger partial charge in [-0.15, -0.1) is 0 Å². The molecule has 0 aromatic heterocycles. The third-order valence-corrected chi connectivity index (χ3v) is 6.63. The van der Waals surface area contributed by atoms with Crippen molar-refractivity contribution in [2.75, 3.05) is 38.5 Å². The summed E-state index contributed by atoms with van der Waals surface area (Å²) in [4.78, 5) is 28.7. The second kappa shape index (κ2) is 8.73. The monoisotopic (exact) mass is 456 g/mol. The SMILES string of the molecule is CNc1ccc(-c2ccc(C(=O)N3CCN(C(=O)C4(O)CC4)CC3)cc2Cl)cc1C(C)N. The highest BCUT2D eigenvalue weighted by Gasteiger charge is 2.50. The lowest BCUT2D eigenvalue weighted by Gasteiger charge is -2.35. The molecule has 1 heterocycles. The van der Waals surface area contributed by atoms with E-state index in [1.807, 2.05) is 38.2 Å². The zero-order valence-electron chi connectivity index (χ0n) is 18.4. The van der Waals surface area contributed by atoms with Crippen LogP contribution in [0.3, 0.4) is 0 Å². The summed E-state index contributed by atoms with van der Waals surface area (Å²) < 4.78 is 0. The van der Waals surface area contributed by atoms with Crippen molar-refractivity contribution in [1.82, 2.24) is 9.80 Å². The van der Waals surface area contributed by atoms with Crippen LogP contribution in [0.1, 0.15) is 41.7 Å². The van der Waals surface area contributed by atoms with Crippen LogP contribution in [0.4, 0.5) is 5.69 Å². The van der Waals surface area contributed by atoms with Gasteiger partial charge in [-0.3, -0.25) is 9.59 Å². The van der Waals surface area contributed by atoms with Crippen LogP contribution in [0.15, 0.2) is 36.4 Å². The molecule has 2 aromatic carbocycles. The summed E-state index contributed by atoms with van der Waals surface area (Å²) in [5.74, 6) is -0.329. The summed E-state index contributed by atoms with van der Waals surface area (Å²) in [6, 6.07) is 11.2. The summed E-state index contributed by atoms with van der Waals surface area (Å²) in [6.07, 6.45) is 1.05. The maximum Gasteiger partial charge on any atom is 0.254 e. The van der Waals surface area contributed by atoms with Gasteiger partial charge in [-0.25, -0.2) is 0 Å². The van der Waals surface area contributed by atoms with Gasteiger partial charge in [-0.05, 0) is 55.2 Å². The van der Waals surface area contributed by atoms with E-state index >= 15 is 0 Å². The quantitative estimate of drug-likeness (QED) is 0.642. The van der Waals surface area contributed by atoms with Crippen LogP contribution < -0.4 is 11.1 Å². The smallest absolute Gasteiger partial charge is 0.254 e. The predicted molar refractivity (Wildman–Crippen MR) is 126 cm³/mol. The number of nitrogens with zero attached hydrogens (tertiary/aromatic N) is 2. The summed E-state index contributed by atoms with van der Waals surface area (Å²) in [7, 11) is 1.86. The third-order valence-electron chi connectivity index (χ3n) is 6.31. The van der Waals surface area contributed by atoms with Gasteiger partial charge in [0.1, 0.15) is 5.60 Å². The fourth-order valence-corrected chi connectivity index (χ4v) is 4.43. The highest BCUT2D eigenvalue weighted by Crippen LogP contribution is 2.37. The normalized spacial score (nSPS) is 18.3. The van der Waals surface area contributed by atoms with Crippen LogP contribution in [-0.4, -0.2) is 65.5 Å². The van der Waals surface area contributed by atoms with Crippen molar-refractivity contribution in [3.05, 3.63) is 52.5 Å². The Morgan fingerprint density at radius 2 is 1.75 bits per heavy atom. The first kappa shape index (κ1) is 22.6. The van der Waals surface area contributed by atoms with Crippen LogP contribution in [0.2, 0.25) is 5.02 Å². The molecule has 1 atom stereocenters. The number of anilines is 1. The lowest BCUT2D eigenvalue weighted by Crippen LogP contribution is -2.53. The summed E-state index contributed by atoms with van der Waals surface area (Å²) in [5, 5.41) is 13.7. The van der Waals surface area contributed by atoms with E-state index in [0.29, 0.717) is 49.6 Å². The summed E-state index contributed by atoms with van der Waals surface area (Å²) in [5.41, 5.74) is 9.19. The second-order valence-corrected chi connectivity index (χ2v) is 9.06. The summed E-state index contributed by atoms with van der Waals surface area (Å²) in [6.45, 7) is 3.65. The molecule has 170 valence electrons. The Hall–Kier alpha value is -2.61. The molecule has 1 aliphatic heterocycles. The van der Waals surface area contributed by atoms with Gasteiger partial charge in [0.25, 0.3) is 11.8 Å². The number of hydrogen-bond donors (Lipinski definition) is 3. The molecule has 1 saturated carbocycles. The minimum absolute atomic E-state index is 0.113. The third kappa shape index (κ3) is 4.33. The fraction of sp³-hybridized carbons (Fsp3) is 0.417. The molecule has 0 bridgehead atoms. The molecule has 1 aliphatic carbocycles. The van der Waals surface area contributed by atoms with E-state index in [9.17, 15) is 14.7 Å². The molecular weight excluding hydrogens is 428 g/mol. The Bertz CT molecular complexity index is 1040. The van der Waals surface area contributed by atoms with Gasteiger partial charge >= 0.3 is 0 Å². The number of nitrogens with one attached hydrogen (secondary N) is 1. The number of benzene rings is 2. The lowest BCUT2D eigenvalue weighted by atomic mass is 9.97. The van der Waals surface area contributed by atoms with Crippen LogP contribution in [0.25, 0.3) is 11.1 Å². The van der Waals surface area contributed by atoms with Crippen LogP contribution in [0.5, 0.6) is 0 Å². The maximum absolute atomic E-state index is 13.0. The van der Waals surface area contributed by atoms with E-state index in [0.717, 1.165) is 22.4 Å². The molecule has 2 aliphatic rings. The molecular formula is C24H29ClN4O3. The van der Waals surface area contributed by atoms with Crippen molar-refractivity contribution in [2.45, 2.75) is 31.4 Å². The Morgan fingerprint density at radius 1 is 1.09 bits per heavy atom. The highest BCUT2D eigenvalue weighted by molar-refractivity contribution is 6.33. The van der Waals surface area contributed by atoms with E-state index in [1.165, 1.54) is 0 Å². The van der Waals surface area contributed by atoms with Crippen molar-refractivity contribution in [2.24, 2.45) is 5.73 Å². The molecule has 2 aromatic rings. The number of carbonyl (C=O) groups excluding carboxylic acids is 2. The van der Waals surface area contributed by atoms with E-state index < -0.39 is 5.60 Å².